The van der Waals surface area contributed by atoms with Crippen LogP contribution in [-0.2, 0) is 6.54 Å². The normalized spacial score (nSPS) is 20.7. The molecule has 1 saturated heterocycles. The first kappa shape index (κ1) is 15.0. The van der Waals surface area contributed by atoms with Gasteiger partial charge in [0.2, 0.25) is 0 Å². The zero-order chi connectivity index (χ0) is 14.9. The van der Waals surface area contributed by atoms with E-state index in [-0.39, 0.29) is 23.8 Å². The Kier molecular flexibility index (Phi) is 4.48. The van der Waals surface area contributed by atoms with Crippen LogP contribution in [0.3, 0.4) is 0 Å². The topological polar surface area (TPSA) is 58.4 Å². The molecule has 2 atom stereocenters. The Balaban J connectivity index is 2.19. The molecule has 20 heavy (non-hydrogen) atoms. The van der Waals surface area contributed by atoms with E-state index in [9.17, 15) is 9.90 Å². The number of aryl methyl sites for hydroxylation is 1. The molecule has 0 aromatic carbocycles. The van der Waals surface area contributed by atoms with Crippen molar-refractivity contribution >= 4 is 5.91 Å². The predicted octanol–water partition coefficient (Wildman–Crippen LogP) is 1.87. The highest BCUT2D eigenvalue weighted by Gasteiger charge is 2.31. The first-order valence-electron chi connectivity index (χ1n) is 7.48. The SMILES string of the molecule is CCn1cc(C(=O)N2CCC(C(C)O)C2)c(C(C)C)n1. The molecule has 0 radical (unpaired) electrons. The van der Waals surface area contributed by atoms with Gasteiger partial charge in [0, 0.05) is 31.7 Å². The van der Waals surface area contributed by atoms with Crippen LogP contribution in [0.1, 0.15) is 56.1 Å². The summed E-state index contributed by atoms with van der Waals surface area (Å²) in [5.74, 6) is 0.483. The Morgan fingerprint density at radius 2 is 2.20 bits per heavy atom. The van der Waals surface area contributed by atoms with Crippen molar-refractivity contribution in [2.45, 2.75) is 52.7 Å². The largest absolute Gasteiger partial charge is 0.393 e. The summed E-state index contributed by atoms with van der Waals surface area (Å²) in [5.41, 5.74) is 1.59. The van der Waals surface area contributed by atoms with Gasteiger partial charge in [-0.15, -0.1) is 0 Å². The molecule has 0 spiro atoms. The second kappa shape index (κ2) is 5.95. The number of nitrogens with zero attached hydrogens (tertiary/aromatic N) is 3. The Hall–Kier alpha value is -1.36. The Labute approximate surface area is 120 Å². The summed E-state index contributed by atoms with van der Waals surface area (Å²) in [6.07, 6.45) is 2.38. The van der Waals surface area contributed by atoms with Gasteiger partial charge in [-0.2, -0.15) is 5.10 Å². The number of aromatic nitrogens is 2. The summed E-state index contributed by atoms with van der Waals surface area (Å²) in [5, 5.41) is 14.1. The van der Waals surface area contributed by atoms with Crippen molar-refractivity contribution in [3.05, 3.63) is 17.5 Å². The minimum absolute atomic E-state index is 0.0524. The standard InChI is InChI=1S/C15H25N3O2/c1-5-18-9-13(14(16-18)10(2)3)15(20)17-7-6-12(8-17)11(4)19/h9-12,19H,5-8H2,1-4H3. The molecule has 5 nitrogen and oxygen atoms in total. The molecule has 0 saturated carbocycles. The van der Waals surface area contributed by atoms with Crippen LogP contribution in [0.2, 0.25) is 0 Å². The maximum absolute atomic E-state index is 12.7. The highest BCUT2D eigenvalue weighted by Crippen LogP contribution is 2.24. The fourth-order valence-corrected chi connectivity index (χ4v) is 2.73. The lowest BCUT2D eigenvalue weighted by atomic mass is 10.0. The van der Waals surface area contributed by atoms with E-state index >= 15 is 0 Å². The summed E-state index contributed by atoms with van der Waals surface area (Å²) in [4.78, 5) is 14.5. The highest BCUT2D eigenvalue weighted by molar-refractivity contribution is 5.95. The molecule has 1 N–H and O–H groups in total. The maximum Gasteiger partial charge on any atom is 0.257 e. The van der Waals surface area contributed by atoms with Crippen LogP contribution in [0, 0.1) is 5.92 Å². The van der Waals surface area contributed by atoms with E-state index in [0.29, 0.717) is 12.1 Å². The number of aliphatic hydroxyl groups is 1. The van der Waals surface area contributed by atoms with Gasteiger partial charge < -0.3 is 10.0 Å². The van der Waals surface area contributed by atoms with E-state index in [4.69, 9.17) is 0 Å². The van der Waals surface area contributed by atoms with Crippen molar-refractivity contribution in [1.29, 1.82) is 0 Å². The van der Waals surface area contributed by atoms with Crippen molar-refractivity contribution in [1.82, 2.24) is 14.7 Å². The molecule has 1 fully saturated rings. The summed E-state index contributed by atoms with van der Waals surface area (Å²) < 4.78 is 1.82. The predicted molar refractivity (Wildman–Crippen MR) is 77.7 cm³/mol. The first-order valence-corrected chi connectivity index (χ1v) is 7.48. The zero-order valence-corrected chi connectivity index (χ0v) is 12.8. The number of amides is 1. The molecular formula is C15H25N3O2. The number of aliphatic hydroxyl groups excluding tert-OH is 1. The van der Waals surface area contributed by atoms with Gasteiger partial charge >= 0.3 is 0 Å². The number of hydrogen-bond acceptors (Lipinski definition) is 3. The number of likely N-dealkylation sites (tertiary alicyclic amines) is 1. The van der Waals surface area contributed by atoms with Gasteiger partial charge in [-0.3, -0.25) is 9.48 Å². The van der Waals surface area contributed by atoms with Gasteiger partial charge in [-0.05, 0) is 26.2 Å². The molecule has 5 heteroatoms. The lowest BCUT2D eigenvalue weighted by molar-refractivity contribution is 0.0761. The van der Waals surface area contributed by atoms with Gasteiger partial charge in [0.25, 0.3) is 5.91 Å². The molecule has 112 valence electrons. The number of carbonyl (C=O) groups excluding carboxylic acids is 1. The van der Waals surface area contributed by atoms with E-state index < -0.39 is 0 Å². The Morgan fingerprint density at radius 3 is 2.70 bits per heavy atom. The van der Waals surface area contributed by atoms with Crippen molar-refractivity contribution in [2.24, 2.45) is 5.92 Å². The molecule has 1 aromatic rings. The number of hydrogen-bond donors (Lipinski definition) is 1. The van der Waals surface area contributed by atoms with E-state index in [1.54, 1.807) is 6.92 Å². The lowest BCUT2D eigenvalue weighted by Gasteiger charge is -2.18. The average molecular weight is 279 g/mol. The fraction of sp³-hybridized carbons (Fsp3) is 0.733. The summed E-state index contributed by atoms with van der Waals surface area (Å²) in [7, 11) is 0. The minimum atomic E-state index is -0.351. The maximum atomic E-state index is 12.7. The molecule has 2 unspecified atom stereocenters. The Morgan fingerprint density at radius 1 is 1.50 bits per heavy atom. The van der Waals surface area contributed by atoms with E-state index in [0.717, 1.165) is 25.2 Å². The molecule has 1 aliphatic heterocycles. The molecular weight excluding hydrogens is 254 g/mol. The third-order valence-electron chi connectivity index (χ3n) is 4.09. The highest BCUT2D eigenvalue weighted by atomic mass is 16.3. The molecule has 2 heterocycles. The fourth-order valence-electron chi connectivity index (χ4n) is 2.73. The second-order valence-corrected chi connectivity index (χ2v) is 5.98. The van der Waals surface area contributed by atoms with Crippen LogP contribution < -0.4 is 0 Å². The number of rotatable bonds is 4. The van der Waals surface area contributed by atoms with Crippen molar-refractivity contribution in [3.8, 4) is 0 Å². The summed E-state index contributed by atoms with van der Waals surface area (Å²) in [6, 6.07) is 0. The molecule has 1 aliphatic rings. The second-order valence-electron chi connectivity index (χ2n) is 5.98. The van der Waals surface area contributed by atoms with Crippen molar-refractivity contribution < 1.29 is 9.90 Å². The summed E-state index contributed by atoms with van der Waals surface area (Å²) in [6.45, 7) is 10.1. The third kappa shape index (κ3) is 2.87. The van der Waals surface area contributed by atoms with Crippen LogP contribution in [0.4, 0.5) is 0 Å². The summed E-state index contributed by atoms with van der Waals surface area (Å²) >= 11 is 0. The molecule has 0 bridgehead atoms. The molecule has 2 rings (SSSR count). The zero-order valence-electron chi connectivity index (χ0n) is 12.8. The van der Waals surface area contributed by atoms with Gasteiger partial charge in [-0.25, -0.2) is 0 Å². The Bertz CT molecular complexity index is 479. The molecule has 0 aliphatic carbocycles. The van der Waals surface area contributed by atoms with Gasteiger partial charge in [-0.1, -0.05) is 13.8 Å². The third-order valence-corrected chi connectivity index (χ3v) is 4.09. The van der Waals surface area contributed by atoms with Gasteiger partial charge in [0.1, 0.15) is 0 Å². The van der Waals surface area contributed by atoms with E-state index in [1.165, 1.54) is 0 Å². The van der Waals surface area contributed by atoms with Crippen LogP contribution in [-0.4, -0.2) is 44.9 Å². The van der Waals surface area contributed by atoms with E-state index in [1.807, 2.05) is 22.7 Å². The quantitative estimate of drug-likeness (QED) is 0.915. The van der Waals surface area contributed by atoms with Crippen LogP contribution >= 0.6 is 0 Å². The van der Waals surface area contributed by atoms with Crippen molar-refractivity contribution in [3.63, 3.8) is 0 Å². The average Bonchev–Trinajstić information content (AvgIpc) is 3.04. The minimum Gasteiger partial charge on any atom is -0.393 e. The van der Waals surface area contributed by atoms with Crippen LogP contribution in [0.15, 0.2) is 6.20 Å². The van der Waals surface area contributed by atoms with Crippen LogP contribution in [0.5, 0.6) is 0 Å². The number of carbonyl (C=O) groups is 1. The van der Waals surface area contributed by atoms with Gasteiger partial charge in [0.15, 0.2) is 0 Å². The molecule has 1 amide bonds. The van der Waals surface area contributed by atoms with E-state index in [2.05, 4.69) is 18.9 Å². The lowest BCUT2D eigenvalue weighted by Crippen LogP contribution is -2.30. The van der Waals surface area contributed by atoms with Crippen LogP contribution in [0.25, 0.3) is 0 Å². The smallest absolute Gasteiger partial charge is 0.257 e. The molecule has 1 aromatic heterocycles. The van der Waals surface area contributed by atoms with Gasteiger partial charge in [0.05, 0.1) is 17.4 Å². The first-order chi connectivity index (χ1) is 9.43. The monoisotopic (exact) mass is 279 g/mol. The van der Waals surface area contributed by atoms with Crippen molar-refractivity contribution in [2.75, 3.05) is 13.1 Å².